The SMILES string of the molecule is C=CCN(CC=C)C(=O)COC(=O)c1ccc(C)c(S(=O)(=O)Nc2ccc(C)cc2)c1. The maximum atomic E-state index is 12.8. The molecule has 0 fully saturated rings. The van der Waals surface area contributed by atoms with Crippen molar-refractivity contribution >= 4 is 27.6 Å². The van der Waals surface area contributed by atoms with Crippen molar-refractivity contribution in [2.24, 2.45) is 0 Å². The van der Waals surface area contributed by atoms with Gasteiger partial charge < -0.3 is 9.64 Å². The van der Waals surface area contributed by atoms with Crippen molar-refractivity contribution in [1.82, 2.24) is 4.90 Å². The van der Waals surface area contributed by atoms with Crippen LogP contribution in [0.3, 0.4) is 0 Å². The molecule has 7 nitrogen and oxygen atoms in total. The second-order valence-corrected chi connectivity index (χ2v) is 8.55. The predicted octanol–water partition coefficient (Wildman–Crippen LogP) is 3.46. The molecule has 1 N–H and O–H groups in total. The number of hydrogen-bond donors (Lipinski definition) is 1. The molecule has 0 bridgehead atoms. The lowest BCUT2D eigenvalue weighted by Gasteiger charge is -2.19. The van der Waals surface area contributed by atoms with Crippen LogP contribution in [0.1, 0.15) is 21.5 Å². The molecule has 0 aromatic heterocycles. The van der Waals surface area contributed by atoms with Crippen LogP contribution in [0.2, 0.25) is 0 Å². The third-order valence-corrected chi connectivity index (χ3v) is 5.92. The zero-order chi connectivity index (χ0) is 23.0. The number of nitrogens with one attached hydrogen (secondary N) is 1. The zero-order valence-corrected chi connectivity index (χ0v) is 18.4. The van der Waals surface area contributed by atoms with Crippen LogP contribution in [-0.2, 0) is 19.6 Å². The molecule has 164 valence electrons. The molecular formula is C23H26N2O5S. The number of aryl methyl sites for hydroxylation is 2. The maximum Gasteiger partial charge on any atom is 0.338 e. The van der Waals surface area contributed by atoms with Crippen molar-refractivity contribution in [2.75, 3.05) is 24.4 Å². The van der Waals surface area contributed by atoms with Crippen molar-refractivity contribution in [3.05, 3.63) is 84.5 Å². The second kappa shape index (κ2) is 10.6. The van der Waals surface area contributed by atoms with Crippen molar-refractivity contribution in [3.8, 4) is 0 Å². The van der Waals surface area contributed by atoms with E-state index in [1.807, 2.05) is 6.92 Å². The van der Waals surface area contributed by atoms with E-state index in [1.54, 1.807) is 43.3 Å². The van der Waals surface area contributed by atoms with E-state index >= 15 is 0 Å². The number of anilines is 1. The average Bonchev–Trinajstić information content (AvgIpc) is 2.73. The number of sulfonamides is 1. The van der Waals surface area contributed by atoms with E-state index in [4.69, 9.17) is 4.74 Å². The fraction of sp³-hybridized carbons (Fsp3) is 0.217. The minimum Gasteiger partial charge on any atom is -0.452 e. The number of hydrogen-bond acceptors (Lipinski definition) is 5. The van der Waals surface area contributed by atoms with Crippen LogP contribution in [0, 0.1) is 13.8 Å². The van der Waals surface area contributed by atoms with Gasteiger partial charge in [-0.05, 0) is 43.7 Å². The summed E-state index contributed by atoms with van der Waals surface area (Å²) in [7, 11) is -3.93. The van der Waals surface area contributed by atoms with Crippen LogP contribution in [0.15, 0.2) is 72.7 Å². The Kier molecular flexibility index (Phi) is 8.15. The molecule has 2 aromatic rings. The molecule has 0 radical (unpaired) electrons. The Hall–Kier alpha value is -3.39. The number of ether oxygens (including phenoxy) is 1. The molecule has 0 unspecified atom stereocenters. The van der Waals surface area contributed by atoms with Gasteiger partial charge in [-0.15, -0.1) is 13.2 Å². The van der Waals surface area contributed by atoms with Crippen LogP contribution >= 0.6 is 0 Å². The van der Waals surface area contributed by atoms with Crippen LogP contribution in [0.4, 0.5) is 5.69 Å². The summed E-state index contributed by atoms with van der Waals surface area (Å²) >= 11 is 0. The Morgan fingerprint density at radius 1 is 1.03 bits per heavy atom. The van der Waals surface area contributed by atoms with Gasteiger partial charge in [-0.3, -0.25) is 9.52 Å². The summed E-state index contributed by atoms with van der Waals surface area (Å²) < 4.78 is 33.3. The first kappa shape index (κ1) is 23.9. The largest absolute Gasteiger partial charge is 0.452 e. The lowest BCUT2D eigenvalue weighted by atomic mass is 10.1. The third-order valence-electron chi connectivity index (χ3n) is 4.40. The predicted molar refractivity (Wildman–Crippen MR) is 120 cm³/mol. The van der Waals surface area contributed by atoms with Crippen LogP contribution in [0.25, 0.3) is 0 Å². The van der Waals surface area contributed by atoms with Crippen molar-refractivity contribution in [3.63, 3.8) is 0 Å². The minimum absolute atomic E-state index is 0.0293. The molecule has 0 aliphatic rings. The molecule has 0 aliphatic heterocycles. The van der Waals surface area contributed by atoms with Gasteiger partial charge in [0, 0.05) is 18.8 Å². The number of nitrogens with zero attached hydrogens (tertiary/aromatic N) is 1. The van der Waals surface area contributed by atoms with Gasteiger partial charge >= 0.3 is 5.97 Å². The molecular weight excluding hydrogens is 416 g/mol. The highest BCUT2D eigenvalue weighted by molar-refractivity contribution is 7.92. The van der Waals surface area contributed by atoms with E-state index in [9.17, 15) is 18.0 Å². The summed E-state index contributed by atoms with van der Waals surface area (Å²) in [5.74, 6) is -1.20. The summed E-state index contributed by atoms with van der Waals surface area (Å²) in [6.07, 6.45) is 3.11. The van der Waals surface area contributed by atoms with Crippen LogP contribution < -0.4 is 4.72 Å². The number of amides is 1. The minimum atomic E-state index is -3.93. The van der Waals surface area contributed by atoms with Gasteiger partial charge in [0.1, 0.15) is 0 Å². The molecule has 0 atom stereocenters. The highest BCUT2D eigenvalue weighted by Crippen LogP contribution is 2.21. The quantitative estimate of drug-likeness (QED) is 0.449. The van der Waals surface area contributed by atoms with Crippen molar-refractivity contribution in [1.29, 1.82) is 0 Å². The molecule has 0 heterocycles. The third kappa shape index (κ3) is 6.55. The highest BCUT2D eigenvalue weighted by Gasteiger charge is 2.21. The van der Waals surface area contributed by atoms with E-state index in [0.717, 1.165) is 5.56 Å². The molecule has 0 saturated carbocycles. The molecule has 1 amide bonds. The number of carbonyl (C=O) groups is 2. The Labute approximate surface area is 183 Å². The molecule has 2 rings (SSSR count). The molecule has 31 heavy (non-hydrogen) atoms. The van der Waals surface area contributed by atoms with Gasteiger partial charge in [0.2, 0.25) is 0 Å². The summed E-state index contributed by atoms with van der Waals surface area (Å²) in [5, 5.41) is 0. The topological polar surface area (TPSA) is 92.8 Å². The highest BCUT2D eigenvalue weighted by atomic mass is 32.2. The average molecular weight is 443 g/mol. The maximum absolute atomic E-state index is 12.8. The fourth-order valence-corrected chi connectivity index (χ4v) is 4.07. The molecule has 0 spiro atoms. The second-order valence-electron chi connectivity index (χ2n) is 6.90. The Balaban J connectivity index is 2.16. The van der Waals surface area contributed by atoms with Crippen LogP contribution in [-0.4, -0.2) is 44.9 Å². The lowest BCUT2D eigenvalue weighted by molar-refractivity contribution is -0.133. The standard InChI is InChI=1S/C23H26N2O5S/c1-5-13-25(14-6-2)22(26)16-30-23(27)19-10-9-18(4)21(15-19)31(28,29)24-20-11-7-17(3)8-12-20/h5-12,15,24H,1-2,13-14,16H2,3-4H3. The van der Waals surface area contributed by atoms with E-state index in [0.29, 0.717) is 24.3 Å². The first-order valence-corrected chi connectivity index (χ1v) is 11.0. The van der Waals surface area contributed by atoms with E-state index < -0.39 is 28.5 Å². The van der Waals surface area contributed by atoms with Gasteiger partial charge in [-0.1, -0.05) is 35.9 Å². The molecule has 8 heteroatoms. The Bertz CT molecular complexity index is 1070. The Morgan fingerprint density at radius 3 is 2.23 bits per heavy atom. The number of carbonyl (C=O) groups excluding carboxylic acids is 2. The summed E-state index contributed by atoms with van der Waals surface area (Å²) in [6.45, 7) is 10.8. The van der Waals surface area contributed by atoms with Gasteiger partial charge in [-0.2, -0.15) is 0 Å². The fourth-order valence-electron chi connectivity index (χ4n) is 2.74. The van der Waals surface area contributed by atoms with Crippen molar-refractivity contribution < 1.29 is 22.7 Å². The summed E-state index contributed by atoms with van der Waals surface area (Å²) in [5.41, 5.74) is 1.91. The normalized spacial score (nSPS) is 10.8. The van der Waals surface area contributed by atoms with E-state index in [2.05, 4.69) is 17.9 Å². The van der Waals surface area contributed by atoms with Gasteiger partial charge in [0.05, 0.1) is 10.5 Å². The summed E-state index contributed by atoms with van der Waals surface area (Å²) in [4.78, 5) is 26.0. The monoisotopic (exact) mass is 442 g/mol. The van der Waals surface area contributed by atoms with Gasteiger partial charge in [-0.25, -0.2) is 13.2 Å². The van der Waals surface area contributed by atoms with Crippen LogP contribution in [0.5, 0.6) is 0 Å². The number of esters is 1. The number of rotatable bonds is 10. The Morgan fingerprint density at radius 2 is 1.65 bits per heavy atom. The van der Waals surface area contributed by atoms with Gasteiger partial charge in [0.15, 0.2) is 6.61 Å². The number of benzene rings is 2. The van der Waals surface area contributed by atoms with Gasteiger partial charge in [0.25, 0.3) is 15.9 Å². The van der Waals surface area contributed by atoms with E-state index in [-0.39, 0.29) is 10.5 Å². The van der Waals surface area contributed by atoms with Crippen molar-refractivity contribution in [2.45, 2.75) is 18.7 Å². The first-order valence-electron chi connectivity index (χ1n) is 9.54. The molecule has 0 saturated heterocycles. The summed E-state index contributed by atoms with van der Waals surface area (Å²) in [6, 6.07) is 11.1. The lowest BCUT2D eigenvalue weighted by Crippen LogP contribution is -2.35. The zero-order valence-electron chi connectivity index (χ0n) is 17.6. The smallest absolute Gasteiger partial charge is 0.338 e. The van der Waals surface area contributed by atoms with E-state index in [1.165, 1.54) is 23.1 Å². The molecule has 0 aliphatic carbocycles. The first-order chi connectivity index (χ1) is 14.7. The molecule has 2 aromatic carbocycles.